The second-order valence-corrected chi connectivity index (χ2v) is 8.53. The van der Waals surface area contributed by atoms with Crippen molar-refractivity contribution in [2.75, 3.05) is 57.4 Å². The molecule has 0 bridgehead atoms. The molecule has 0 radical (unpaired) electrons. The van der Waals surface area contributed by atoms with Crippen LogP contribution in [0.25, 0.3) is 10.9 Å². The molecule has 2 aromatic heterocycles. The minimum absolute atomic E-state index is 0.0568. The van der Waals surface area contributed by atoms with Gasteiger partial charge >= 0.3 is 0 Å². The molecule has 0 aromatic carbocycles. The van der Waals surface area contributed by atoms with Crippen LogP contribution in [0.5, 0.6) is 0 Å². The van der Waals surface area contributed by atoms with Crippen LogP contribution >= 0.6 is 11.3 Å². The number of carbonyl (C=O) groups is 1. The lowest BCUT2D eigenvalue weighted by molar-refractivity contribution is 0.0584. The molecular weight excluding hydrogens is 362 g/mol. The van der Waals surface area contributed by atoms with E-state index in [1.807, 2.05) is 10.3 Å². The van der Waals surface area contributed by atoms with E-state index in [2.05, 4.69) is 35.6 Å². The van der Waals surface area contributed by atoms with E-state index in [1.54, 1.807) is 11.3 Å². The number of aryl methyl sites for hydroxylation is 1. The molecule has 8 heteroatoms. The first-order valence-corrected chi connectivity index (χ1v) is 10.5. The van der Waals surface area contributed by atoms with Gasteiger partial charge < -0.3 is 14.5 Å². The number of morpholine rings is 1. The Kier molecular flexibility index (Phi) is 5.29. The molecule has 0 N–H and O–H groups in total. The number of amides is 1. The smallest absolute Gasteiger partial charge is 0.291 e. The molecule has 0 aliphatic carbocycles. The van der Waals surface area contributed by atoms with Gasteiger partial charge in [0.2, 0.25) is 5.82 Å². The van der Waals surface area contributed by atoms with Crippen molar-refractivity contribution in [1.29, 1.82) is 0 Å². The first-order chi connectivity index (χ1) is 13.0. The summed E-state index contributed by atoms with van der Waals surface area (Å²) in [7, 11) is 0. The molecule has 2 saturated heterocycles. The Morgan fingerprint density at radius 1 is 1.11 bits per heavy atom. The van der Waals surface area contributed by atoms with E-state index in [-0.39, 0.29) is 5.91 Å². The molecule has 0 atom stereocenters. The maximum absolute atomic E-state index is 13.1. The van der Waals surface area contributed by atoms with Crippen LogP contribution in [-0.4, -0.2) is 84.2 Å². The Balaban J connectivity index is 1.63. The average molecular weight is 390 g/mol. The molecule has 2 fully saturated rings. The van der Waals surface area contributed by atoms with E-state index in [1.165, 1.54) is 4.88 Å². The molecule has 27 heavy (non-hydrogen) atoms. The summed E-state index contributed by atoms with van der Waals surface area (Å²) in [5, 5.41) is 3.10. The van der Waals surface area contributed by atoms with Gasteiger partial charge in [-0.2, -0.15) is 0 Å². The molecule has 4 rings (SSSR count). The Morgan fingerprint density at radius 2 is 1.81 bits per heavy atom. The van der Waals surface area contributed by atoms with Crippen LogP contribution < -0.4 is 4.90 Å². The fraction of sp³-hybridized carbons (Fsp3) is 0.632. The lowest BCUT2D eigenvalue weighted by Crippen LogP contribution is -2.51. The number of carbonyl (C=O) groups excluding carboxylic acids is 1. The van der Waals surface area contributed by atoms with Gasteiger partial charge in [0.25, 0.3) is 5.91 Å². The predicted octanol–water partition coefficient (Wildman–Crippen LogP) is 2.00. The number of hydrogen-bond donors (Lipinski definition) is 0. The number of ether oxygens (including phenoxy) is 1. The van der Waals surface area contributed by atoms with Gasteiger partial charge in [0.15, 0.2) is 0 Å². The van der Waals surface area contributed by atoms with E-state index >= 15 is 0 Å². The first-order valence-electron chi connectivity index (χ1n) is 9.66. The number of anilines is 1. The quantitative estimate of drug-likeness (QED) is 0.800. The summed E-state index contributed by atoms with van der Waals surface area (Å²) in [6.07, 6.45) is 0. The maximum Gasteiger partial charge on any atom is 0.291 e. The van der Waals surface area contributed by atoms with Crippen molar-refractivity contribution in [3.05, 3.63) is 16.1 Å². The summed E-state index contributed by atoms with van der Waals surface area (Å²) in [6.45, 7) is 12.7. The van der Waals surface area contributed by atoms with Gasteiger partial charge in [0.1, 0.15) is 5.82 Å². The lowest BCUT2D eigenvalue weighted by Gasteiger charge is -2.36. The van der Waals surface area contributed by atoms with Crippen molar-refractivity contribution < 1.29 is 9.53 Å². The zero-order valence-corrected chi connectivity index (χ0v) is 17.1. The Morgan fingerprint density at radius 3 is 2.48 bits per heavy atom. The molecule has 0 saturated carbocycles. The summed E-state index contributed by atoms with van der Waals surface area (Å²) < 4.78 is 5.48. The van der Waals surface area contributed by atoms with Crippen molar-refractivity contribution in [2.24, 2.45) is 0 Å². The monoisotopic (exact) mass is 389 g/mol. The number of rotatable bonds is 3. The molecule has 0 unspecified atom stereocenters. The third-order valence-corrected chi connectivity index (χ3v) is 6.35. The maximum atomic E-state index is 13.1. The third-order valence-electron chi connectivity index (χ3n) is 5.45. The van der Waals surface area contributed by atoms with E-state index in [0.717, 1.165) is 56.0 Å². The number of fused-ring (bicyclic) bond motifs is 1. The Hall–Kier alpha value is -1.77. The second-order valence-electron chi connectivity index (χ2n) is 7.44. The predicted molar refractivity (Wildman–Crippen MR) is 108 cm³/mol. The van der Waals surface area contributed by atoms with E-state index in [4.69, 9.17) is 9.72 Å². The Bertz CT molecular complexity index is 823. The number of hydrogen-bond acceptors (Lipinski definition) is 7. The van der Waals surface area contributed by atoms with Crippen LogP contribution in [-0.2, 0) is 4.74 Å². The van der Waals surface area contributed by atoms with Crippen LogP contribution in [0, 0.1) is 6.92 Å². The molecule has 2 aliphatic rings. The molecule has 4 heterocycles. The number of thiophene rings is 1. The molecular formula is C19H27N5O2S. The highest BCUT2D eigenvalue weighted by Gasteiger charge is 2.27. The largest absolute Gasteiger partial charge is 0.378 e. The summed E-state index contributed by atoms with van der Waals surface area (Å²) in [6, 6.07) is 0.511. The van der Waals surface area contributed by atoms with Gasteiger partial charge in [-0.25, -0.2) is 9.97 Å². The van der Waals surface area contributed by atoms with Gasteiger partial charge in [-0.1, -0.05) is 0 Å². The van der Waals surface area contributed by atoms with Crippen LogP contribution in [0.15, 0.2) is 5.38 Å². The minimum atomic E-state index is -0.0568. The highest BCUT2D eigenvalue weighted by Crippen LogP contribution is 2.32. The van der Waals surface area contributed by atoms with Crippen molar-refractivity contribution in [3.63, 3.8) is 0 Å². The third kappa shape index (κ3) is 3.66. The van der Waals surface area contributed by atoms with Crippen molar-refractivity contribution >= 4 is 34.0 Å². The van der Waals surface area contributed by atoms with E-state index < -0.39 is 0 Å². The van der Waals surface area contributed by atoms with Gasteiger partial charge in [-0.15, -0.1) is 11.3 Å². The summed E-state index contributed by atoms with van der Waals surface area (Å²) in [5.41, 5.74) is 0.873. The Labute approximate surface area is 163 Å². The molecule has 0 spiro atoms. The van der Waals surface area contributed by atoms with Crippen LogP contribution in [0.2, 0.25) is 0 Å². The highest BCUT2D eigenvalue weighted by molar-refractivity contribution is 7.11. The van der Waals surface area contributed by atoms with E-state index in [9.17, 15) is 4.79 Å². The van der Waals surface area contributed by atoms with Crippen molar-refractivity contribution in [3.8, 4) is 0 Å². The van der Waals surface area contributed by atoms with Crippen LogP contribution in [0.1, 0.15) is 29.3 Å². The zero-order chi connectivity index (χ0) is 19.0. The highest BCUT2D eigenvalue weighted by atomic mass is 32.1. The van der Waals surface area contributed by atoms with E-state index in [0.29, 0.717) is 25.1 Å². The molecule has 146 valence electrons. The van der Waals surface area contributed by atoms with Gasteiger partial charge in [-0.3, -0.25) is 9.69 Å². The summed E-state index contributed by atoms with van der Waals surface area (Å²) in [5.74, 6) is 1.14. The van der Waals surface area contributed by atoms with Crippen LogP contribution in [0.4, 0.5) is 5.82 Å². The average Bonchev–Trinajstić information content (AvgIpc) is 3.08. The summed E-state index contributed by atoms with van der Waals surface area (Å²) in [4.78, 5) is 30.2. The number of piperazine rings is 1. The number of nitrogens with zero attached hydrogens (tertiary/aromatic N) is 5. The molecule has 2 aromatic rings. The van der Waals surface area contributed by atoms with Crippen molar-refractivity contribution in [2.45, 2.75) is 26.8 Å². The van der Waals surface area contributed by atoms with Gasteiger partial charge in [0.05, 0.1) is 24.1 Å². The standard InChI is InChI=1S/C19H27N5O2S/c1-13(2)22-4-6-24(7-5-22)19(25)17-20-15-12-27-14(3)16(15)18(21-17)23-8-10-26-11-9-23/h12-13H,4-11H2,1-3H3. The van der Waals surface area contributed by atoms with Crippen molar-refractivity contribution in [1.82, 2.24) is 19.8 Å². The lowest BCUT2D eigenvalue weighted by atomic mass is 10.2. The minimum Gasteiger partial charge on any atom is -0.378 e. The second kappa shape index (κ2) is 7.69. The topological polar surface area (TPSA) is 61.8 Å². The SMILES string of the molecule is Cc1scc2nc(C(=O)N3CCN(C(C)C)CC3)nc(N3CCOCC3)c12. The molecule has 2 aliphatic heterocycles. The fourth-order valence-electron chi connectivity index (χ4n) is 3.77. The molecule has 7 nitrogen and oxygen atoms in total. The normalized spacial score (nSPS) is 19.3. The van der Waals surface area contributed by atoms with Crippen LogP contribution in [0.3, 0.4) is 0 Å². The summed E-state index contributed by atoms with van der Waals surface area (Å²) >= 11 is 1.66. The van der Waals surface area contributed by atoms with Gasteiger partial charge in [0, 0.05) is 55.6 Å². The molecule has 1 amide bonds. The zero-order valence-electron chi connectivity index (χ0n) is 16.3. The number of aromatic nitrogens is 2. The van der Waals surface area contributed by atoms with Gasteiger partial charge in [-0.05, 0) is 20.8 Å². The first kappa shape index (κ1) is 18.6. The fourth-order valence-corrected chi connectivity index (χ4v) is 4.55.